The summed E-state index contributed by atoms with van der Waals surface area (Å²) in [6, 6.07) is 15.1. The zero-order chi connectivity index (χ0) is 18.9. The molecule has 6 heteroatoms. The number of hydrogen-bond acceptors (Lipinski definition) is 5. The van der Waals surface area contributed by atoms with Crippen molar-refractivity contribution in [2.75, 3.05) is 26.7 Å². The molecule has 1 saturated heterocycles. The highest BCUT2D eigenvalue weighted by Gasteiger charge is 2.28. The van der Waals surface area contributed by atoms with Gasteiger partial charge in [-0.3, -0.25) is 19.2 Å². The van der Waals surface area contributed by atoms with Crippen molar-refractivity contribution in [3.63, 3.8) is 0 Å². The molecule has 28 heavy (non-hydrogen) atoms. The van der Waals surface area contributed by atoms with Gasteiger partial charge in [0.2, 0.25) is 0 Å². The van der Waals surface area contributed by atoms with E-state index in [1.807, 2.05) is 35.9 Å². The van der Waals surface area contributed by atoms with Gasteiger partial charge in [0.15, 0.2) is 0 Å². The number of rotatable bonds is 4. The van der Waals surface area contributed by atoms with E-state index in [1.54, 1.807) is 0 Å². The second kappa shape index (κ2) is 7.47. The summed E-state index contributed by atoms with van der Waals surface area (Å²) in [7, 11) is 2.21. The Hall–Kier alpha value is -2.54. The number of nitrogens with zero attached hydrogens (tertiary/aromatic N) is 5. The van der Waals surface area contributed by atoms with Gasteiger partial charge in [0.1, 0.15) is 5.65 Å². The van der Waals surface area contributed by atoms with Gasteiger partial charge in [-0.05, 0) is 42.8 Å². The van der Waals surface area contributed by atoms with Crippen LogP contribution in [0.3, 0.4) is 0 Å². The molecule has 4 aromatic heterocycles. The van der Waals surface area contributed by atoms with Crippen molar-refractivity contribution < 1.29 is 0 Å². The number of aromatic nitrogens is 3. The SMILES string of the molecule is CN1CCN(Cc2cccs2)CC1c1cn2c(-c3ccncc3)cccc2n1. The molecule has 1 aliphatic rings. The van der Waals surface area contributed by atoms with Crippen LogP contribution in [-0.2, 0) is 6.54 Å². The molecular weight excluding hydrogens is 366 g/mol. The minimum absolute atomic E-state index is 0.305. The van der Waals surface area contributed by atoms with Crippen molar-refractivity contribution in [2.45, 2.75) is 12.6 Å². The number of fused-ring (bicyclic) bond motifs is 1. The van der Waals surface area contributed by atoms with Gasteiger partial charge in [-0.2, -0.15) is 0 Å². The minimum Gasteiger partial charge on any atom is -0.299 e. The van der Waals surface area contributed by atoms with Crippen LogP contribution in [0.25, 0.3) is 16.9 Å². The maximum atomic E-state index is 4.99. The third-order valence-corrected chi connectivity index (χ3v) is 6.38. The Labute approximate surface area is 168 Å². The lowest BCUT2D eigenvalue weighted by atomic mass is 10.1. The molecule has 0 N–H and O–H groups in total. The van der Waals surface area contributed by atoms with Crippen LogP contribution in [0.4, 0.5) is 0 Å². The van der Waals surface area contributed by atoms with Crippen molar-refractivity contribution in [3.8, 4) is 11.3 Å². The Kier molecular flexibility index (Phi) is 4.68. The fourth-order valence-corrected chi connectivity index (χ4v) is 4.71. The van der Waals surface area contributed by atoms with E-state index >= 15 is 0 Å². The highest BCUT2D eigenvalue weighted by molar-refractivity contribution is 7.09. The minimum atomic E-state index is 0.305. The van der Waals surface area contributed by atoms with Gasteiger partial charge in [-0.25, -0.2) is 4.98 Å². The summed E-state index contributed by atoms with van der Waals surface area (Å²) in [5, 5.41) is 2.16. The van der Waals surface area contributed by atoms with E-state index in [0.29, 0.717) is 6.04 Å². The van der Waals surface area contributed by atoms with Crippen LogP contribution in [-0.4, -0.2) is 50.9 Å². The number of thiophene rings is 1. The lowest BCUT2D eigenvalue weighted by Gasteiger charge is -2.38. The summed E-state index contributed by atoms with van der Waals surface area (Å²) < 4.78 is 2.21. The van der Waals surface area contributed by atoms with Crippen molar-refractivity contribution in [3.05, 3.63) is 77.0 Å². The van der Waals surface area contributed by atoms with Gasteiger partial charge in [0.25, 0.3) is 0 Å². The number of imidazole rings is 1. The molecule has 142 valence electrons. The zero-order valence-electron chi connectivity index (χ0n) is 15.9. The molecule has 0 aromatic carbocycles. The van der Waals surface area contributed by atoms with Crippen molar-refractivity contribution >= 4 is 17.0 Å². The molecule has 5 rings (SSSR count). The van der Waals surface area contributed by atoms with E-state index in [9.17, 15) is 0 Å². The molecular formula is C22H23N5S. The first kappa shape index (κ1) is 17.6. The predicted octanol–water partition coefficient (Wildman–Crippen LogP) is 3.95. The summed E-state index contributed by atoms with van der Waals surface area (Å²) in [6.07, 6.45) is 5.88. The predicted molar refractivity (Wildman–Crippen MR) is 113 cm³/mol. The summed E-state index contributed by atoms with van der Waals surface area (Å²) in [5.41, 5.74) is 4.43. The quantitative estimate of drug-likeness (QED) is 0.530. The van der Waals surface area contributed by atoms with Crippen molar-refractivity contribution in [1.82, 2.24) is 24.2 Å². The molecule has 0 spiro atoms. The Balaban J connectivity index is 1.46. The van der Waals surface area contributed by atoms with Gasteiger partial charge < -0.3 is 0 Å². The van der Waals surface area contributed by atoms with Crippen LogP contribution in [0.15, 0.2) is 66.4 Å². The summed E-state index contributed by atoms with van der Waals surface area (Å²) >= 11 is 1.84. The van der Waals surface area contributed by atoms with Crippen molar-refractivity contribution in [2.24, 2.45) is 0 Å². The molecule has 4 aromatic rings. The number of piperazine rings is 1. The van der Waals surface area contributed by atoms with E-state index in [-0.39, 0.29) is 0 Å². The first-order chi connectivity index (χ1) is 13.8. The maximum Gasteiger partial charge on any atom is 0.137 e. The number of pyridine rings is 2. The lowest BCUT2D eigenvalue weighted by molar-refractivity contribution is 0.0893. The summed E-state index contributed by atoms with van der Waals surface area (Å²) in [4.78, 5) is 15.5. The molecule has 1 unspecified atom stereocenters. The molecule has 5 nitrogen and oxygen atoms in total. The van der Waals surface area contributed by atoms with Crippen LogP contribution in [0.1, 0.15) is 16.6 Å². The third kappa shape index (κ3) is 3.35. The smallest absolute Gasteiger partial charge is 0.137 e. The largest absolute Gasteiger partial charge is 0.299 e. The average molecular weight is 390 g/mol. The van der Waals surface area contributed by atoms with Crippen LogP contribution in [0.2, 0.25) is 0 Å². The molecule has 0 aliphatic carbocycles. The second-order valence-electron chi connectivity index (χ2n) is 7.35. The summed E-state index contributed by atoms with van der Waals surface area (Å²) in [6.45, 7) is 4.18. The molecule has 0 radical (unpaired) electrons. The van der Waals surface area contributed by atoms with E-state index in [0.717, 1.165) is 48.8 Å². The van der Waals surface area contributed by atoms with E-state index in [4.69, 9.17) is 4.98 Å². The molecule has 0 amide bonds. The summed E-state index contributed by atoms with van der Waals surface area (Å²) in [5.74, 6) is 0. The highest BCUT2D eigenvalue weighted by atomic mass is 32.1. The maximum absolute atomic E-state index is 4.99. The Morgan fingerprint density at radius 3 is 2.79 bits per heavy atom. The number of hydrogen-bond donors (Lipinski definition) is 0. The Morgan fingerprint density at radius 2 is 1.96 bits per heavy atom. The van der Waals surface area contributed by atoms with Crippen LogP contribution in [0.5, 0.6) is 0 Å². The zero-order valence-corrected chi connectivity index (χ0v) is 16.7. The fraction of sp³-hybridized carbons (Fsp3) is 0.273. The fourth-order valence-electron chi connectivity index (χ4n) is 3.96. The molecule has 1 atom stereocenters. The van der Waals surface area contributed by atoms with Crippen LogP contribution >= 0.6 is 11.3 Å². The monoisotopic (exact) mass is 389 g/mol. The standard InChI is InChI=1S/C22H23N5S/c1-25-11-12-26(14-18-4-3-13-28-18)16-21(25)19-15-27-20(5-2-6-22(27)24-19)17-7-9-23-10-8-17/h2-10,13,15,21H,11-12,14,16H2,1H3. The first-order valence-corrected chi connectivity index (χ1v) is 10.5. The normalized spacial score (nSPS) is 18.7. The first-order valence-electron chi connectivity index (χ1n) is 9.61. The molecule has 1 fully saturated rings. The van der Waals surface area contributed by atoms with Gasteiger partial charge in [0.05, 0.1) is 17.4 Å². The van der Waals surface area contributed by atoms with E-state index in [2.05, 4.69) is 68.1 Å². The van der Waals surface area contributed by atoms with Crippen LogP contribution < -0.4 is 0 Å². The molecule has 0 bridgehead atoms. The average Bonchev–Trinajstić information content (AvgIpc) is 3.39. The van der Waals surface area contributed by atoms with E-state index in [1.165, 1.54) is 4.88 Å². The van der Waals surface area contributed by atoms with Gasteiger partial charge in [-0.15, -0.1) is 11.3 Å². The van der Waals surface area contributed by atoms with Gasteiger partial charge in [0, 0.05) is 55.2 Å². The lowest BCUT2D eigenvalue weighted by Crippen LogP contribution is -2.46. The second-order valence-corrected chi connectivity index (χ2v) is 8.38. The highest BCUT2D eigenvalue weighted by Crippen LogP contribution is 2.28. The Morgan fingerprint density at radius 1 is 1.07 bits per heavy atom. The van der Waals surface area contributed by atoms with E-state index < -0.39 is 0 Å². The topological polar surface area (TPSA) is 36.7 Å². The van der Waals surface area contributed by atoms with Gasteiger partial charge in [-0.1, -0.05) is 12.1 Å². The number of likely N-dealkylation sites (N-methyl/N-ethyl adjacent to an activating group) is 1. The molecule has 1 aliphatic heterocycles. The Bertz CT molecular complexity index is 1060. The molecule has 0 saturated carbocycles. The van der Waals surface area contributed by atoms with Crippen LogP contribution in [0, 0.1) is 0 Å². The third-order valence-electron chi connectivity index (χ3n) is 5.52. The molecule has 5 heterocycles. The van der Waals surface area contributed by atoms with Crippen molar-refractivity contribution in [1.29, 1.82) is 0 Å². The van der Waals surface area contributed by atoms with Gasteiger partial charge >= 0.3 is 0 Å².